The van der Waals surface area contributed by atoms with Crippen LogP contribution in [0, 0.1) is 45.3 Å². The Kier molecular flexibility index (Phi) is 6.25. The normalized spacial score (nSPS) is 12.6. The van der Waals surface area contributed by atoms with Crippen LogP contribution in [0.4, 0.5) is 0 Å². The average Bonchev–Trinajstić information content (AvgIpc) is 2.74. The van der Waals surface area contributed by atoms with Gasteiger partial charge in [0, 0.05) is 0 Å². The number of hydrogen-bond acceptors (Lipinski definition) is 4. The molecule has 0 bridgehead atoms. The topological polar surface area (TPSA) is 95.2 Å². The Labute approximate surface area is 123 Å². The first-order valence-corrected chi connectivity index (χ1v) is 6.00. The molecule has 0 saturated carbocycles. The maximum atomic E-state index is 8.77. The molecule has 21 heavy (non-hydrogen) atoms. The van der Waals surface area contributed by atoms with E-state index in [2.05, 4.69) is 0 Å². The predicted molar refractivity (Wildman–Crippen MR) is 77.7 cm³/mol. The molecule has 1 aliphatic carbocycles. The summed E-state index contributed by atoms with van der Waals surface area (Å²) in [5, 5.41) is 34.8. The Balaban J connectivity index is 2.91. The van der Waals surface area contributed by atoms with Gasteiger partial charge in [0.25, 0.3) is 0 Å². The third-order valence-electron chi connectivity index (χ3n) is 2.52. The highest BCUT2D eigenvalue weighted by Gasteiger charge is 2.02. The molecule has 98 valence electrons. The molecule has 0 aliphatic heterocycles. The largest absolute Gasteiger partial charge is 0.192 e. The summed E-state index contributed by atoms with van der Waals surface area (Å²) in [5.41, 5.74) is 1.86. The van der Waals surface area contributed by atoms with Crippen LogP contribution < -0.4 is 0 Å². The lowest BCUT2D eigenvalue weighted by atomic mass is 10.0. The van der Waals surface area contributed by atoms with Gasteiger partial charge in [-0.25, -0.2) is 0 Å². The van der Waals surface area contributed by atoms with Crippen molar-refractivity contribution in [3.63, 3.8) is 0 Å². The molecule has 0 unspecified atom stereocenters. The number of hydrogen-bond donors (Lipinski definition) is 0. The molecule has 0 fully saturated rings. The highest BCUT2D eigenvalue weighted by molar-refractivity contribution is 5.47. The number of allylic oxidation sites excluding steroid dienone is 12. The summed E-state index contributed by atoms with van der Waals surface area (Å²) in [4.78, 5) is 0. The average molecular weight is 270 g/mol. The van der Waals surface area contributed by atoms with Crippen molar-refractivity contribution in [1.82, 2.24) is 0 Å². The van der Waals surface area contributed by atoms with E-state index in [0.717, 1.165) is 11.1 Å². The number of nitrogens with zero attached hydrogens (tertiary/aromatic N) is 4. The lowest BCUT2D eigenvalue weighted by Gasteiger charge is -2.01. The molecule has 1 rings (SSSR count). The first kappa shape index (κ1) is 15.5. The van der Waals surface area contributed by atoms with Gasteiger partial charge >= 0.3 is 0 Å². The fourth-order valence-corrected chi connectivity index (χ4v) is 1.57. The van der Waals surface area contributed by atoms with Gasteiger partial charge in [0.1, 0.15) is 35.4 Å². The van der Waals surface area contributed by atoms with Gasteiger partial charge in [0.2, 0.25) is 0 Å². The van der Waals surface area contributed by atoms with Crippen molar-refractivity contribution in [1.29, 1.82) is 21.0 Å². The monoisotopic (exact) mass is 270 g/mol. The molecule has 4 nitrogen and oxygen atoms in total. The van der Waals surface area contributed by atoms with Crippen LogP contribution in [-0.4, -0.2) is 0 Å². The zero-order valence-corrected chi connectivity index (χ0v) is 11.1. The van der Waals surface area contributed by atoms with Crippen LogP contribution in [0.3, 0.4) is 0 Å². The molecule has 0 radical (unpaired) electrons. The summed E-state index contributed by atoms with van der Waals surface area (Å²) in [6.45, 7) is 0. The first-order valence-electron chi connectivity index (χ1n) is 6.00. The van der Waals surface area contributed by atoms with Gasteiger partial charge in [0.05, 0.1) is 0 Å². The Bertz CT molecular complexity index is 726. The minimum atomic E-state index is 0.0305. The van der Waals surface area contributed by atoms with Gasteiger partial charge in [-0.05, 0) is 29.7 Å². The number of nitriles is 4. The minimum Gasteiger partial charge on any atom is -0.192 e. The minimum absolute atomic E-state index is 0.0305. The SMILES string of the molecule is N#CC(C#N)=C/C=C/C1=CC=CC=C(C=C(C#N)C#N)C1. The molecule has 0 spiro atoms. The van der Waals surface area contributed by atoms with Crippen molar-refractivity contribution in [2.45, 2.75) is 6.42 Å². The number of rotatable bonds is 3. The molecule has 0 aromatic heterocycles. The summed E-state index contributed by atoms with van der Waals surface area (Å²) < 4.78 is 0. The van der Waals surface area contributed by atoms with E-state index in [1.807, 2.05) is 36.4 Å². The second-order valence-corrected chi connectivity index (χ2v) is 3.99. The molecule has 0 atom stereocenters. The van der Waals surface area contributed by atoms with Gasteiger partial charge in [-0.3, -0.25) is 0 Å². The van der Waals surface area contributed by atoms with Gasteiger partial charge in [0.15, 0.2) is 0 Å². The zero-order chi connectivity index (χ0) is 15.5. The van der Waals surface area contributed by atoms with Crippen molar-refractivity contribution >= 4 is 0 Å². The molecule has 0 aromatic carbocycles. The van der Waals surface area contributed by atoms with Crippen molar-refractivity contribution in [2.75, 3.05) is 0 Å². The zero-order valence-electron chi connectivity index (χ0n) is 11.1. The summed E-state index contributed by atoms with van der Waals surface area (Å²) in [6.07, 6.45) is 14.3. The van der Waals surface area contributed by atoms with Crippen LogP contribution in [0.1, 0.15) is 6.42 Å². The van der Waals surface area contributed by atoms with E-state index in [4.69, 9.17) is 21.0 Å². The Morgan fingerprint density at radius 1 is 0.857 bits per heavy atom. The van der Waals surface area contributed by atoms with E-state index >= 15 is 0 Å². The van der Waals surface area contributed by atoms with E-state index < -0.39 is 0 Å². The van der Waals surface area contributed by atoms with E-state index in [0.29, 0.717) is 6.42 Å². The van der Waals surface area contributed by atoms with Crippen molar-refractivity contribution in [3.8, 4) is 24.3 Å². The van der Waals surface area contributed by atoms with Crippen molar-refractivity contribution < 1.29 is 0 Å². The van der Waals surface area contributed by atoms with Crippen LogP contribution in [0.15, 0.2) is 70.9 Å². The predicted octanol–water partition coefficient (Wildman–Crippen LogP) is 3.30. The molecule has 0 aromatic rings. The van der Waals surface area contributed by atoms with E-state index in [-0.39, 0.29) is 11.1 Å². The third-order valence-corrected chi connectivity index (χ3v) is 2.52. The fourth-order valence-electron chi connectivity index (χ4n) is 1.57. The molecule has 4 heteroatoms. The van der Waals surface area contributed by atoms with Crippen LogP contribution in [-0.2, 0) is 0 Å². The Morgan fingerprint density at radius 2 is 1.43 bits per heavy atom. The van der Waals surface area contributed by atoms with Crippen molar-refractivity contribution in [2.24, 2.45) is 0 Å². The Hall–Kier alpha value is -3.60. The summed E-state index contributed by atoms with van der Waals surface area (Å²) in [6, 6.07) is 7.20. The molecule has 0 saturated heterocycles. The molecule has 0 amide bonds. The maximum Gasteiger partial charge on any atom is 0.129 e. The van der Waals surface area contributed by atoms with Crippen LogP contribution in [0.2, 0.25) is 0 Å². The quantitative estimate of drug-likeness (QED) is 0.580. The molecule has 1 aliphatic rings. The van der Waals surface area contributed by atoms with Crippen LogP contribution >= 0.6 is 0 Å². The fraction of sp³-hybridized carbons (Fsp3) is 0.0588. The van der Waals surface area contributed by atoms with Gasteiger partial charge in [-0.15, -0.1) is 0 Å². The van der Waals surface area contributed by atoms with E-state index in [1.54, 1.807) is 30.4 Å². The van der Waals surface area contributed by atoms with E-state index in [1.165, 1.54) is 6.08 Å². The highest BCUT2D eigenvalue weighted by Crippen LogP contribution is 2.18. The summed E-state index contributed by atoms with van der Waals surface area (Å²) in [5.74, 6) is 0. The van der Waals surface area contributed by atoms with E-state index in [9.17, 15) is 0 Å². The molecular formula is C17H10N4. The molecule has 0 N–H and O–H groups in total. The Morgan fingerprint density at radius 3 is 2.00 bits per heavy atom. The van der Waals surface area contributed by atoms with Gasteiger partial charge < -0.3 is 0 Å². The first-order chi connectivity index (χ1) is 10.2. The second kappa shape index (κ2) is 8.49. The third kappa shape index (κ3) is 5.27. The van der Waals surface area contributed by atoms with Gasteiger partial charge in [-0.1, -0.05) is 36.5 Å². The van der Waals surface area contributed by atoms with Crippen LogP contribution in [0.25, 0.3) is 0 Å². The smallest absolute Gasteiger partial charge is 0.129 e. The molecule has 0 heterocycles. The van der Waals surface area contributed by atoms with Crippen molar-refractivity contribution in [3.05, 3.63) is 70.9 Å². The van der Waals surface area contributed by atoms with Gasteiger partial charge in [-0.2, -0.15) is 21.0 Å². The highest BCUT2D eigenvalue weighted by atomic mass is 14.3. The molecular weight excluding hydrogens is 260 g/mol. The standard InChI is InChI=1S/C17H10N4/c18-10-16(11-19)7-3-6-14-4-1-2-5-15(8-14)9-17(12-20)13-21/h1-7,9H,8H2/b6-3+. The lowest BCUT2D eigenvalue weighted by Crippen LogP contribution is -1.84. The second-order valence-electron chi connectivity index (χ2n) is 3.99. The lowest BCUT2D eigenvalue weighted by molar-refractivity contribution is 1.21. The maximum absolute atomic E-state index is 8.77. The summed E-state index contributed by atoms with van der Waals surface area (Å²) in [7, 11) is 0. The summed E-state index contributed by atoms with van der Waals surface area (Å²) >= 11 is 0. The van der Waals surface area contributed by atoms with Crippen LogP contribution in [0.5, 0.6) is 0 Å².